The lowest BCUT2D eigenvalue weighted by Gasteiger charge is -2.34. The summed E-state index contributed by atoms with van der Waals surface area (Å²) in [5.74, 6) is 3.12. The molecule has 1 N–H and O–H groups in total. The van der Waals surface area contributed by atoms with Crippen LogP contribution in [0.1, 0.15) is 12.8 Å². The van der Waals surface area contributed by atoms with Gasteiger partial charge in [-0.2, -0.15) is 0 Å². The van der Waals surface area contributed by atoms with E-state index in [9.17, 15) is 5.11 Å². The predicted octanol–water partition coefficient (Wildman–Crippen LogP) is 1.19. The van der Waals surface area contributed by atoms with Gasteiger partial charge in [0.25, 0.3) is 0 Å². The number of hydrogen-bond donors (Lipinski definition) is 1. The Hall–Kier alpha value is -0.300. The first-order valence-corrected chi connectivity index (χ1v) is 4.22. The molecule has 10 heavy (non-hydrogen) atoms. The molecule has 0 aromatic rings. The van der Waals surface area contributed by atoms with Crippen LogP contribution in [0.2, 0.25) is 0 Å². The average molecular weight is 136 g/mol. The molecular weight excluding hydrogens is 124 g/mol. The Labute approximate surface area is 60.7 Å². The fraction of sp³-hybridized carbons (Fsp3) is 0.778. The fourth-order valence-electron chi connectivity index (χ4n) is 2.83. The first-order valence-electron chi connectivity index (χ1n) is 4.22. The van der Waals surface area contributed by atoms with Crippen molar-refractivity contribution in [3.8, 4) is 0 Å². The summed E-state index contributed by atoms with van der Waals surface area (Å²) in [6.45, 7) is 0. The van der Waals surface area contributed by atoms with Crippen LogP contribution in [0.3, 0.4) is 0 Å². The molecule has 1 heteroatoms. The van der Waals surface area contributed by atoms with Gasteiger partial charge < -0.3 is 5.11 Å². The summed E-state index contributed by atoms with van der Waals surface area (Å²) in [4.78, 5) is 0. The van der Waals surface area contributed by atoms with Gasteiger partial charge in [0.15, 0.2) is 0 Å². The van der Waals surface area contributed by atoms with Gasteiger partial charge in [0.1, 0.15) is 0 Å². The van der Waals surface area contributed by atoms with Crippen molar-refractivity contribution in [2.24, 2.45) is 23.7 Å². The second-order valence-corrected chi connectivity index (χ2v) is 3.99. The molecule has 0 spiro atoms. The third-order valence-corrected chi connectivity index (χ3v) is 3.47. The van der Waals surface area contributed by atoms with Crippen molar-refractivity contribution in [1.29, 1.82) is 0 Å². The molecule has 0 aromatic heterocycles. The largest absolute Gasteiger partial charge is 0.392 e. The van der Waals surface area contributed by atoms with Gasteiger partial charge in [0, 0.05) is 5.92 Å². The summed E-state index contributed by atoms with van der Waals surface area (Å²) in [6.07, 6.45) is 7.00. The third kappa shape index (κ3) is 0.485. The molecule has 4 aliphatic carbocycles. The van der Waals surface area contributed by atoms with Crippen molar-refractivity contribution < 1.29 is 5.11 Å². The van der Waals surface area contributed by atoms with Crippen molar-refractivity contribution in [2.75, 3.05) is 0 Å². The van der Waals surface area contributed by atoms with E-state index in [0.29, 0.717) is 5.92 Å². The van der Waals surface area contributed by atoms with Crippen molar-refractivity contribution >= 4 is 0 Å². The molecule has 0 amide bonds. The molecule has 0 heterocycles. The second kappa shape index (κ2) is 1.48. The van der Waals surface area contributed by atoms with E-state index in [1.807, 2.05) is 0 Å². The quantitative estimate of drug-likeness (QED) is 0.496. The number of fused-ring (bicyclic) bond motifs is 1. The molecule has 1 unspecified atom stereocenters. The van der Waals surface area contributed by atoms with E-state index >= 15 is 0 Å². The topological polar surface area (TPSA) is 20.2 Å². The maximum atomic E-state index is 9.55. The van der Waals surface area contributed by atoms with E-state index in [0.717, 1.165) is 24.2 Å². The third-order valence-electron chi connectivity index (χ3n) is 3.47. The average Bonchev–Trinajstić information content (AvgIpc) is 2.66. The molecule has 2 bridgehead atoms. The van der Waals surface area contributed by atoms with Gasteiger partial charge in [0.05, 0.1) is 6.10 Å². The number of rotatable bonds is 0. The highest BCUT2D eigenvalue weighted by atomic mass is 16.3. The highest BCUT2D eigenvalue weighted by Crippen LogP contribution is 2.59. The SMILES string of the molecule is OC1C[C@H]2C=C[C@@H]1[C@@H]1C[C@@H]12. The van der Waals surface area contributed by atoms with Crippen LogP contribution in [0.4, 0.5) is 0 Å². The van der Waals surface area contributed by atoms with Gasteiger partial charge in [-0.15, -0.1) is 0 Å². The minimum atomic E-state index is -0.00116. The van der Waals surface area contributed by atoms with E-state index < -0.39 is 0 Å². The predicted molar refractivity (Wildman–Crippen MR) is 38.3 cm³/mol. The van der Waals surface area contributed by atoms with Crippen LogP contribution in [0, 0.1) is 23.7 Å². The van der Waals surface area contributed by atoms with Crippen molar-refractivity contribution in [2.45, 2.75) is 18.9 Å². The summed E-state index contributed by atoms with van der Waals surface area (Å²) in [5, 5.41) is 9.55. The zero-order valence-corrected chi connectivity index (χ0v) is 5.90. The van der Waals surface area contributed by atoms with Gasteiger partial charge in [-0.3, -0.25) is 0 Å². The zero-order chi connectivity index (χ0) is 6.72. The molecule has 5 atom stereocenters. The van der Waals surface area contributed by atoms with Gasteiger partial charge in [-0.05, 0) is 30.6 Å². The lowest BCUT2D eigenvalue weighted by atomic mass is 9.74. The van der Waals surface area contributed by atoms with Crippen molar-refractivity contribution in [1.82, 2.24) is 0 Å². The van der Waals surface area contributed by atoms with Crippen LogP contribution in [0.15, 0.2) is 12.2 Å². The van der Waals surface area contributed by atoms with Crippen LogP contribution >= 0.6 is 0 Å². The molecule has 0 aromatic carbocycles. The Kier molecular flexibility index (Phi) is 0.791. The molecule has 2 fully saturated rings. The standard InChI is InChI=1S/C9H12O/c10-9-3-5-1-2-6(9)8-4-7(5)8/h1-2,5-10H,3-4H2/t5-,6-,7-,8+,9?/m1/s1. The van der Waals surface area contributed by atoms with Crippen molar-refractivity contribution in [3.63, 3.8) is 0 Å². The van der Waals surface area contributed by atoms with E-state index in [4.69, 9.17) is 0 Å². The minimum Gasteiger partial charge on any atom is -0.392 e. The Morgan fingerprint density at radius 2 is 2.00 bits per heavy atom. The first-order chi connectivity index (χ1) is 4.86. The molecule has 0 saturated heterocycles. The van der Waals surface area contributed by atoms with E-state index in [2.05, 4.69) is 12.2 Å². The minimum absolute atomic E-state index is 0.00116. The van der Waals surface area contributed by atoms with Gasteiger partial charge in [-0.25, -0.2) is 0 Å². The number of allylic oxidation sites excluding steroid dienone is 1. The Bertz CT molecular complexity index is 195. The molecule has 1 nitrogen and oxygen atoms in total. The van der Waals surface area contributed by atoms with Crippen LogP contribution in [0.25, 0.3) is 0 Å². The molecule has 2 saturated carbocycles. The zero-order valence-electron chi connectivity index (χ0n) is 5.90. The van der Waals surface area contributed by atoms with Crippen molar-refractivity contribution in [3.05, 3.63) is 12.2 Å². The maximum absolute atomic E-state index is 9.55. The summed E-state index contributed by atoms with van der Waals surface area (Å²) in [7, 11) is 0. The molecule has 4 aliphatic rings. The molecule has 4 rings (SSSR count). The second-order valence-electron chi connectivity index (χ2n) is 3.99. The molecule has 0 aliphatic heterocycles. The number of aliphatic hydroxyl groups excluding tert-OH is 1. The Morgan fingerprint density at radius 1 is 1.10 bits per heavy atom. The Balaban J connectivity index is 2.02. The normalized spacial score (nSPS) is 62.3. The maximum Gasteiger partial charge on any atom is 0.0611 e. The molecular formula is C9H12O. The highest BCUT2D eigenvalue weighted by molar-refractivity contribution is 5.18. The fourth-order valence-corrected chi connectivity index (χ4v) is 2.83. The Morgan fingerprint density at radius 3 is 2.60 bits per heavy atom. The summed E-state index contributed by atoms with van der Waals surface area (Å²) in [6, 6.07) is 0. The summed E-state index contributed by atoms with van der Waals surface area (Å²) >= 11 is 0. The van der Waals surface area contributed by atoms with Gasteiger partial charge in [-0.1, -0.05) is 12.2 Å². The van der Waals surface area contributed by atoms with E-state index in [1.165, 1.54) is 6.42 Å². The van der Waals surface area contributed by atoms with Gasteiger partial charge in [0.2, 0.25) is 0 Å². The van der Waals surface area contributed by atoms with E-state index in [1.54, 1.807) is 0 Å². The lowest BCUT2D eigenvalue weighted by Crippen LogP contribution is -2.33. The highest BCUT2D eigenvalue weighted by Gasteiger charge is 2.54. The smallest absolute Gasteiger partial charge is 0.0611 e. The van der Waals surface area contributed by atoms with Gasteiger partial charge >= 0.3 is 0 Å². The lowest BCUT2D eigenvalue weighted by molar-refractivity contribution is 0.0599. The summed E-state index contributed by atoms with van der Waals surface area (Å²) < 4.78 is 0. The van der Waals surface area contributed by atoms with Crippen LogP contribution in [-0.4, -0.2) is 11.2 Å². The van der Waals surface area contributed by atoms with Crippen LogP contribution in [-0.2, 0) is 0 Å². The van der Waals surface area contributed by atoms with Crippen LogP contribution < -0.4 is 0 Å². The van der Waals surface area contributed by atoms with E-state index in [-0.39, 0.29) is 6.10 Å². The monoisotopic (exact) mass is 136 g/mol. The summed E-state index contributed by atoms with van der Waals surface area (Å²) in [5.41, 5.74) is 0. The molecule has 54 valence electrons. The van der Waals surface area contributed by atoms with Crippen LogP contribution in [0.5, 0.6) is 0 Å². The molecule has 0 radical (unpaired) electrons. The number of aliphatic hydroxyl groups is 1. The first kappa shape index (κ1) is 5.36. The number of hydrogen-bond acceptors (Lipinski definition) is 1.